The zero-order chi connectivity index (χ0) is 27.6. The summed E-state index contributed by atoms with van der Waals surface area (Å²) in [6, 6.07) is 0. The molecule has 8 atom stereocenters. The van der Waals surface area contributed by atoms with Gasteiger partial charge in [0.15, 0.2) is 5.78 Å². The van der Waals surface area contributed by atoms with Crippen molar-refractivity contribution in [1.29, 1.82) is 0 Å². The second-order valence-corrected chi connectivity index (χ2v) is 16.8. The molecule has 4 fully saturated rings. The van der Waals surface area contributed by atoms with Crippen molar-refractivity contribution < 1.29 is 14.7 Å². The van der Waals surface area contributed by atoms with Crippen molar-refractivity contribution >= 4 is 11.6 Å². The lowest BCUT2D eigenvalue weighted by molar-refractivity contribution is -0.206. The lowest BCUT2D eigenvalue weighted by Gasteiger charge is -2.72. The number of carbonyl (C=O) groups is 2. The molecule has 0 radical (unpaired) electrons. The van der Waals surface area contributed by atoms with Crippen molar-refractivity contribution in [3.63, 3.8) is 0 Å². The van der Waals surface area contributed by atoms with Gasteiger partial charge in [-0.2, -0.15) is 0 Å². The number of Topliss-reactive ketones (excluding diaryl/α,β-unsaturated/α-hetero) is 1. The fourth-order valence-corrected chi connectivity index (χ4v) is 11.2. The van der Waals surface area contributed by atoms with E-state index in [4.69, 9.17) is 0 Å². The molecule has 0 aromatic carbocycles. The highest BCUT2D eigenvalue weighted by Crippen LogP contribution is 2.78. The van der Waals surface area contributed by atoms with E-state index in [1.807, 2.05) is 0 Å². The van der Waals surface area contributed by atoms with Crippen LogP contribution in [0, 0.1) is 55.7 Å². The van der Waals surface area contributed by atoms with Gasteiger partial charge in [0.05, 0.1) is 6.10 Å². The topological polar surface area (TPSA) is 54.4 Å². The van der Waals surface area contributed by atoms with Gasteiger partial charge in [0.1, 0.15) is 5.78 Å². The number of aliphatic hydroxyl groups is 1. The molecule has 8 unspecified atom stereocenters. The standard InChI is InChI=1S/C34H54O3/c1-21(2)27(37)34-17-13-28(3,4)20-22(34)26-23(35)19-24-30(7,32(26,9)15-18-34)14-16-33(10)29(5,6)25(36)11-12-31(24,33)8/h19,21-22,26-27,37H,11-18,20H2,1-10H3. The second kappa shape index (κ2) is 7.82. The Morgan fingerprint density at radius 1 is 0.811 bits per heavy atom. The molecule has 0 aliphatic heterocycles. The number of allylic oxidation sites excluding steroid dienone is 2. The number of rotatable bonds is 2. The minimum absolute atomic E-state index is 0.0332. The van der Waals surface area contributed by atoms with E-state index in [0.29, 0.717) is 18.0 Å². The summed E-state index contributed by atoms with van der Waals surface area (Å²) in [6.07, 6.45) is 10.5. The molecule has 0 saturated heterocycles. The van der Waals surface area contributed by atoms with Crippen molar-refractivity contribution in [2.45, 2.75) is 133 Å². The molecule has 37 heavy (non-hydrogen) atoms. The van der Waals surface area contributed by atoms with Gasteiger partial charge in [-0.3, -0.25) is 9.59 Å². The third-order valence-corrected chi connectivity index (χ3v) is 14.5. The van der Waals surface area contributed by atoms with Gasteiger partial charge in [0.25, 0.3) is 0 Å². The van der Waals surface area contributed by atoms with Crippen LogP contribution in [-0.2, 0) is 9.59 Å². The first kappa shape index (κ1) is 27.6. The number of fused-ring (bicyclic) bond motifs is 7. The third kappa shape index (κ3) is 3.16. The van der Waals surface area contributed by atoms with Crippen LogP contribution in [0.5, 0.6) is 0 Å². The number of hydrogen-bond acceptors (Lipinski definition) is 3. The van der Waals surface area contributed by atoms with Crippen molar-refractivity contribution in [2.24, 2.45) is 55.7 Å². The molecule has 4 saturated carbocycles. The molecule has 3 nitrogen and oxygen atoms in total. The van der Waals surface area contributed by atoms with Crippen LogP contribution in [0.3, 0.4) is 0 Å². The molecule has 5 aliphatic rings. The summed E-state index contributed by atoms with van der Waals surface area (Å²) in [5.41, 5.74) is 0.512. The van der Waals surface area contributed by atoms with Crippen molar-refractivity contribution in [1.82, 2.24) is 0 Å². The average Bonchev–Trinajstić information content (AvgIpc) is 2.80. The van der Waals surface area contributed by atoms with E-state index >= 15 is 0 Å². The van der Waals surface area contributed by atoms with Crippen LogP contribution >= 0.6 is 0 Å². The Morgan fingerprint density at radius 3 is 2.05 bits per heavy atom. The van der Waals surface area contributed by atoms with E-state index < -0.39 is 0 Å². The molecule has 0 aromatic rings. The van der Waals surface area contributed by atoms with E-state index in [9.17, 15) is 14.7 Å². The minimum Gasteiger partial charge on any atom is -0.392 e. The van der Waals surface area contributed by atoms with Gasteiger partial charge < -0.3 is 5.11 Å². The molecule has 5 aliphatic carbocycles. The van der Waals surface area contributed by atoms with Crippen LogP contribution in [0.15, 0.2) is 11.6 Å². The number of aliphatic hydroxyl groups excluding tert-OH is 1. The van der Waals surface area contributed by atoms with E-state index in [1.54, 1.807) is 0 Å². The van der Waals surface area contributed by atoms with Crippen LogP contribution in [0.1, 0.15) is 127 Å². The Morgan fingerprint density at radius 2 is 1.43 bits per heavy atom. The molecule has 5 rings (SSSR count). The predicted molar refractivity (Wildman–Crippen MR) is 150 cm³/mol. The fourth-order valence-electron chi connectivity index (χ4n) is 11.2. The highest BCUT2D eigenvalue weighted by atomic mass is 16.3. The Hall–Kier alpha value is -0.960. The highest BCUT2D eigenvalue weighted by molar-refractivity contribution is 5.96. The second-order valence-electron chi connectivity index (χ2n) is 16.8. The van der Waals surface area contributed by atoms with Crippen LogP contribution in [0.4, 0.5) is 0 Å². The number of hydrogen-bond donors (Lipinski definition) is 1. The molecular formula is C34H54O3. The van der Waals surface area contributed by atoms with Crippen molar-refractivity contribution in [3.8, 4) is 0 Å². The lowest BCUT2D eigenvalue weighted by Crippen LogP contribution is -2.68. The molecule has 0 bridgehead atoms. The van der Waals surface area contributed by atoms with Crippen molar-refractivity contribution in [2.75, 3.05) is 0 Å². The maximum atomic E-state index is 14.6. The summed E-state index contributed by atoms with van der Waals surface area (Å²) in [7, 11) is 0. The fraction of sp³-hybridized carbons (Fsp3) is 0.882. The monoisotopic (exact) mass is 510 g/mol. The van der Waals surface area contributed by atoms with E-state index in [-0.39, 0.29) is 61.8 Å². The number of carbonyl (C=O) groups excluding carboxylic acids is 2. The van der Waals surface area contributed by atoms with Crippen LogP contribution in [0.25, 0.3) is 0 Å². The molecule has 0 amide bonds. The number of ketones is 2. The summed E-state index contributed by atoms with van der Waals surface area (Å²) in [4.78, 5) is 27.7. The summed E-state index contributed by atoms with van der Waals surface area (Å²) >= 11 is 0. The maximum absolute atomic E-state index is 14.6. The van der Waals surface area contributed by atoms with Gasteiger partial charge >= 0.3 is 0 Å². The van der Waals surface area contributed by atoms with E-state index in [2.05, 4.69) is 75.3 Å². The molecule has 3 heteroatoms. The molecule has 0 heterocycles. The van der Waals surface area contributed by atoms with Gasteiger partial charge in [-0.15, -0.1) is 0 Å². The Bertz CT molecular complexity index is 1050. The first-order valence-corrected chi connectivity index (χ1v) is 15.3. The first-order chi connectivity index (χ1) is 16.8. The van der Waals surface area contributed by atoms with E-state index in [0.717, 1.165) is 51.4 Å². The third-order valence-electron chi connectivity index (χ3n) is 14.5. The summed E-state index contributed by atoms with van der Waals surface area (Å²) in [5.74, 6) is 1.09. The minimum atomic E-state index is -0.389. The average molecular weight is 511 g/mol. The molecule has 0 spiro atoms. The van der Waals surface area contributed by atoms with E-state index in [1.165, 1.54) is 5.57 Å². The maximum Gasteiger partial charge on any atom is 0.159 e. The normalized spacial score (nSPS) is 49.4. The van der Waals surface area contributed by atoms with Crippen LogP contribution < -0.4 is 0 Å². The van der Waals surface area contributed by atoms with Crippen LogP contribution in [0.2, 0.25) is 0 Å². The summed E-state index contributed by atoms with van der Waals surface area (Å²) in [5, 5.41) is 11.7. The Kier molecular flexibility index (Phi) is 5.84. The van der Waals surface area contributed by atoms with Crippen molar-refractivity contribution in [3.05, 3.63) is 11.6 Å². The van der Waals surface area contributed by atoms with Gasteiger partial charge in [-0.25, -0.2) is 0 Å². The smallest absolute Gasteiger partial charge is 0.159 e. The van der Waals surface area contributed by atoms with Gasteiger partial charge in [0, 0.05) is 23.2 Å². The van der Waals surface area contributed by atoms with Gasteiger partial charge in [0.2, 0.25) is 0 Å². The summed E-state index contributed by atoms with van der Waals surface area (Å²) < 4.78 is 0. The first-order valence-electron chi connectivity index (χ1n) is 15.3. The Labute approximate surface area is 226 Å². The molecule has 208 valence electrons. The SMILES string of the molecule is CC(C)C(O)C12CCC(C)(C)CC1C1C(=O)C=C3C(C)(CCC4(C)C(C)(C)C(=O)CCC34C)C1(C)CC2. The summed E-state index contributed by atoms with van der Waals surface area (Å²) in [6.45, 7) is 23.0. The molecule has 0 aromatic heterocycles. The highest BCUT2D eigenvalue weighted by Gasteiger charge is 2.73. The van der Waals surface area contributed by atoms with Crippen LogP contribution in [-0.4, -0.2) is 22.8 Å². The lowest BCUT2D eigenvalue weighted by atomic mass is 9.31. The van der Waals surface area contributed by atoms with Gasteiger partial charge in [-0.05, 0) is 96.4 Å². The van der Waals surface area contributed by atoms with Gasteiger partial charge in [-0.1, -0.05) is 74.8 Å². The zero-order valence-electron chi connectivity index (χ0n) is 25.5. The quantitative estimate of drug-likeness (QED) is 0.410. The molecule has 1 N–H and O–H groups in total. The molecular weight excluding hydrogens is 456 g/mol. The predicted octanol–water partition coefficient (Wildman–Crippen LogP) is 7.94. The largest absolute Gasteiger partial charge is 0.392 e. The zero-order valence-corrected chi connectivity index (χ0v) is 25.5. The Balaban J connectivity index is 1.67.